The van der Waals surface area contributed by atoms with Crippen LogP contribution in [0.2, 0.25) is 0 Å². The average Bonchev–Trinajstić information content (AvgIpc) is 3.05. The monoisotopic (exact) mass is 426 g/mol. The molecule has 166 valence electrons. The Labute approximate surface area is 183 Å². The maximum Gasteiger partial charge on any atom is 0.233 e. The lowest BCUT2D eigenvalue weighted by molar-refractivity contribution is -0.142. The van der Waals surface area contributed by atoms with Crippen molar-refractivity contribution in [3.05, 3.63) is 71.5 Å². The minimum Gasteiger partial charge on any atom is -0.381 e. The number of rotatable bonds is 6. The van der Waals surface area contributed by atoms with Crippen molar-refractivity contribution in [2.24, 2.45) is 5.92 Å². The molecule has 1 N–H and O–H groups in total. The first-order chi connectivity index (χ1) is 15.2. The minimum absolute atomic E-state index is 0.0816. The van der Waals surface area contributed by atoms with Crippen molar-refractivity contribution in [2.75, 3.05) is 46.0 Å². The highest BCUT2D eigenvalue weighted by Gasteiger charge is 2.44. The van der Waals surface area contributed by atoms with E-state index in [1.165, 1.54) is 12.1 Å². The van der Waals surface area contributed by atoms with Crippen LogP contribution in [0.4, 0.5) is 4.39 Å². The molecule has 0 unspecified atom stereocenters. The first-order valence-electron chi connectivity index (χ1n) is 11.1. The van der Waals surface area contributed by atoms with Gasteiger partial charge in [-0.3, -0.25) is 4.79 Å². The van der Waals surface area contributed by atoms with Crippen LogP contribution in [0.5, 0.6) is 0 Å². The van der Waals surface area contributed by atoms with E-state index in [1.807, 2.05) is 29.2 Å². The molecule has 2 heterocycles. The highest BCUT2D eigenvalue weighted by molar-refractivity contribution is 5.88. The molecule has 0 aromatic heterocycles. The Balaban J connectivity index is 1.46. The maximum absolute atomic E-state index is 14.0. The number of nitrogens with zero attached hydrogens (tertiary/aromatic N) is 1. The fourth-order valence-corrected chi connectivity index (χ4v) is 4.64. The summed E-state index contributed by atoms with van der Waals surface area (Å²) in [4.78, 5) is 15.8. The van der Waals surface area contributed by atoms with Crippen molar-refractivity contribution < 1.29 is 18.7 Å². The first-order valence-corrected chi connectivity index (χ1v) is 11.1. The molecule has 4 rings (SSSR count). The second kappa shape index (κ2) is 10.4. The zero-order valence-electron chi connectivity index (χ0n) is 17.9. The fraction of sp³-hybridized carbons (Fsp3) is 0.480. The number of ether oxygens (including phenoxy) is 2. The molecule has 2 aliphatic rings. The van der Waals surface area contributed by atoms with Gasteiger partial charge in [0.1, 0.15) is 5.82 Å². The maximum atomic E-state index is 14.0. The molecule has 31 heavy (non-hydrogen) atoms. The Morgan fingerprint density at radius 2 is 1.97 bits per heavy atom. The summed E-state index contributed by atoms with van der Waals surface area (Å²) in [6.07, 6.45) is 1.16. The average molecular weight is 427 g/mol. The molecule has 2 aromatic carbocycles. The molecule has 6 heteroatoms. The first kappa shape index (κ1) is 21.9. The van der Waals surface area contributed by atoms with Gasteiger partial charge in [0.15, 0.2) is 0 Å². The van der Waals surface area contributed by atoms with Crippen LogP contribution in [-0.2, 0) is 26.3 Å². The molecule has 0 spiro atoms. The Hall–Kier alpha value is -2.28. The molecule has 2 fully saturated rings. The van der Waals surface area contributed by atoms with Gasteiger partial charge >= 0.3 is 0 Å². The van der Waals surface area contributed by atoms with Gasteiger partial charge in [-0.2, -0.15) is 0 Å². The van der Waals surface area contributed by atoms with Gasteiger partial charge in [0.25, 0.3) is 0 Å². The molecule has 1 amide bonds. The van der Waals surface area contributed by atoms with Gasteiger partial charge in [-0.05, 0) is 36.1 Å². The number of hydrogen-bond acceptors (Lipinski definition) is 4. The third-order valence-corrected chi connectivity index (χ3v) is 6.36. The molecule has 2 saturated heterocycles. The van der Waals surface area contributed by atoms with Crippen molar-refractivity contribution in [3.8, 4) is 0 Å². The van der Waals surface area contributed by atoms with E-state index < -0.39 is 5.41 Å². The van der Waals surface area contributed by atoms with Gasteiger partial charge in [-0.15, -0.1) is 0 Å². The standard InChI is InChI=1S/C25H31FN2O3/c26-23-8-4-7-22(15-23)25(9-13-30-14-10-25)24(29)28-12-11-27-16-21(17-28)19-31-18-20-5-2-1-3-6-20/h1-8,15,21,27H,9-14,16-19H2/t21-/m1/s1. The van der Waals surface area contributed by atoms with Crippen molar-refractivity contribution in [1.29, 1.82) is 0 Å². The van der Waals surface area contributed by atoms with Crippen molar-refractivity contribution in [1.82, 2.24) is 10.2 Å². The smallest absolute Gasteiger partial charge is 0.233 e. The third kappa shape index (κ3) is 5.32. The third-order valence-electron chi connectivity index (χ3n) is 6.36. The molecule has 0 radical (unpaired) electrons. The number of benzene rings is 2. The Morgan fingerprint density at radius 1 is 1.16 bits per heavy atom. The van der Waals surface area contributed by atoms with Crippen LogP contribution < -0.4 is 5.32 Å². The summed E-state index contributed by atoms with van der Waals surface area (Å²) in [6.45, 7) is 5.02. The van der Waals surface area contributed by atoms with E-state index in [0.717, 1.165) is 24.2 Å². The van der Waals surface area contributed by atoms with Crippen molar-refractivity contribution in [3.63, 3.8) is 0 Å². The van der Waals surface area contributed by atoms with Crippen molar-refractivity contribution >= 4 is 5.91 Å². The van der Waals surface area contributed by atoms with Crippen molar-refractivity contribution in [2.45, 2.75) is 24.9 Å². The van der Waals surface area contributed by atoms with E-state index in [-0.39, 0.29) is 17.6 Å². The number of amides is 1. The van der Waals surface area contributed by atoms with Crippen LogP contribution in [0.3, 0.4) is 0 Å². The number of halogens is 1. The van der Waals surface area contributed by atoms with Gasteiger partial charge in [-0.1, -0.05) is 42.5 Å². The summed E-state index contributed by atoms with van der Waals surface area (Å²) in [7, 11) is 0. The summed E-state index contributed by atoms with van der Waals surface area (Å²) in [5, 5.41) is 3.44. The summed E-state index contributed by atoms with van der Waals surface area (Å²) in [5.41, 5.74) is 1.18. The Kier molecular flexibility index (Phi) is 7.33. The zero-order chi connectivity index (χ0) is 21.5. The van der Waals surface area contributed by atoms with Gasteiger partial charge in [-0.25, -0.2) is 4.39 Å². The summed E-state index contributed by atoms with van der Waals surface area (Å²) in [6, 6.07) is 16.6. The highest BCUT2D eigenvalue weighted by Crippen LogP contribution is 2.37. The molecule has 2 aromatic rings. The summed E-state index contributed by atoms with van der Waals surface area (Å²) in [5.74, 6) is -0.0152. The second-order valence-electron chi connectivity index (χ2n) is 8.53. The van der Waals surface area contributed by atoms with Gasteiger partial charge in [0.05, 0.1) is 18.6 Å². The number of carbonyl (C=O) groups excluding carboxylic acids is 1. The van der Waals surface area contributed by atoms with Gasteiger partial charge < -0.3 is 19.7 Å². The lowest BCUT2D eigenvalue weighted by Gasteiger charge is -2.40. The predicted molar refractivity (Wildman–Crippen MR) is 117 cm³/mol. The topological polar surface area (TPSA) is 50.8 Å². The number of hydrogen-bond donors (Lipinski definition) is 1. The molecule has 0 saturated carbocycles. The van der Waals surface area contributed by atoms with Crippen LogP contribution in [0, 0.1) is 11.7 Å². The predicted octanol–water partition coefficient (Wildman–Crippen LogP) is 3.14. The normalized spacial score (nSPS) is 21.5. The SMILES string of the molecule is O=C(N1CCNC[C@@H](COCc2ccccc2)C1)C1(c2cccc(F)c2)CCOCC1. The zero-order valence-corrected chi connectivity index (χ0v) is 17.9. The van der Waals surface area contributed by atoms with E-state index >= 15 is 0 Å². The van der Waals surface area contributed by atoms with Gasteiger partial charge in [0, 0.05) is 45.3 Å². The van der Waals surface area contributed by atoms with Crippen LogP contribution >= 0.6 is 0 Å². The molecule has 5 nitrogen and oxygen atoms in total. The Bertz CT molecular complexity index is 855. The quantitative estimate of drug-likeness (QED) is 0.771. The largest absolute Gasteiger partial charge is 0.381 e. The van der Waals surface area contributed by atoms with E-state index in [1.54, 1.807) is 6.07 Å². The summed E-state index contributed by atoms with van der Waals surface area (Å²) < 4.78 is 25.5. The fourth-order valence-electron chi connectivity index (χ4n) is 4.64. The molecular formula is C25H31FN2O3. The van der Waals surface area contributed by atoms with Crippen LogP contribution in [-0.4, -0.2) is 56.8 Å². The lowest BCUT2D eigenvalue weighted by Crippen LogP contribution is -2.51. The van der Waals surface area contributed by atoms with Crippen LogP contribution in [0.1, 0.15) is 24.0 Å². The molecular weight excluding hydrogens is 395 g/mol. The molecule has 0 aliphatic carbocycles. The lowest BCUT2D eigenvalue weighted by atomic mass is 9.72. The van der Waals surface area contributed by atoms with Crippen LogP contribution in [0.25, 0.3) is 0 Å². The van der Waals surface area contributed by atoms with E-state index in [0.29, 0.717) is 52.4 Å². The molecule has 1 atom stereocenters. The van der Waals surface area contributed by atoms with E-state index in [2.05, 4.69) is 17.4 Å². The number of nitrogens with one attached hydrogen (secondary N) is 1. The highest BCUT2D eigenvalue weighted by atomic mass is 19.1. The van der Waals surface area contributed by atoms with E-state index in [4.69, 9.17) is 9.47 Å². The Morgan fingerprint density at radius 3 is 2.74 bits per heavy atom. The minimum atomic E-state index is -0.722. The second-order valence-corrected chi connectivity index (χ2v) is 8.53. The van der Waals surface area contributed by atoms with Crippen LogP contribution in [0.15, 0.2) is 54.6 Å². The summed E-state index contributed by atoms with van der Waals surface area (Å²) >= 11 is 0. The van der Waals surface area contributed by atoms with Gasteiger partial charge in [0.2, 0.25) is 5.91 Å². The van der Waals surface area contributed by atoms with E-state index in [9.17, 15) is 9.18 Å². The number of carbonyl (C=O) groups is 1. The molecule has 2 aliphatic heterocycles. The molecule has 0 bridgehead atoms.